The van der Waals surface area contributed by atoms with Gasteiger partial charge in [-0.2, -0.15) is 0 Å². The van der Waals surface area contributed by atoms with E-state index < -0.39 is 0 Å². The first kappa shape index (κ1) is 13.9. The van der Waals surface area contributed by atoms with Crippen molar-refractivity contribution in [3.8, 4) is 0 Å². The Kier molecular flexibility index (Phi) is 8.77. The third-order valence-electron chi connectivity index (χ3n) is 3.14. The number of nitrogens with zero attached hydrogens (tertiary/aromatic N) is 1. The van der Waals surface area contributed by atoms with Gasteiger partial charge in [0.25, 0.3) is 0 Å². The molecule has 3 nitrogen and oxygen atoms in total. The van der Waals surface area contributed by atoms with Gasteiger partial charge in [-0.15, -0.1) is 0 Å². The van der Waals surface area contributed by atoms with E-state index >= 15 is 0 Å². The first-order valence-electron chi connectivity index (χ1n) is 6.94. The Morgan fingerprint density at radius 2 is 1.94 bits per heavy atom. The molecule has 1 rings (SSSR count). The Morgan fingerprint density at radius 1 is 1.06 bits per heavy atom. The quantitative estimate of drug-likeness (QED) is 0.642. The summed E-state index contributed by atoms with van der Waals surface area (Å²) in [6.07, 6.45) is 6.64. The van der Waals surface area contributed by atoms with Crippen LogP contribution in [0.5, 0.6) is 0 Å². The smallest absolute Gasteiger partial charge is 0.0593 e. The van der Waals surface area contributed by atoms with Crippen LogP contribution in [0, 0.1) is 0 Å². The van der Waals surface area contributed by atoms with Crippen LogP contribution in [0.15, 0.2) is 0 Å². The molecule has 0 aromatic rings. The van der Waals surface area contributed by atoms with E-state index in [1.165, 1.54) is 51.7 Å². The maximum absolute atomic E-state index is 5.45. The Morgan fingerprint density at radius 3 is 2.81 bits per heavy atom. The SMILES string of the molecule is CCNCCCCCCN1CCCOCC1. The Labute approximate surface area is 101 Å². The van der Waals surface area contributed by atoms with Crippen molar-refractivity contribution in [3.05, 3.63) is 0 Å². The predicted molar refractivity (Wildman–Crippen MR) is 68.9 cm³/mol. The fraction of sp³-hybridized carbons (Fsp3) is 1.00. The van der Waals surface area contributed by atoms with E-state index in [2.05, 4.69) is 17.1 Å². The van der Waals surface area contributed by atoms with E-state index in [9.17, 15) is 0 Å². The maximum atomic E-state index is 5.45. The van der Waals surface area contributed by atoms with Gasteiger partial charge >= 0.3 is 0 Å². The van der Waals surface area contributed by atoms with Crippen molar-refractivity contribution in [3.63, 3.8) is 0 Å². The molecule has 1 N–H and O–H groups in total. The van der Waals surface area contributed by atoms with Gasteiger partial charge in [0.15, 0.2) is 0 Å². The lowest BCUT2D eigenvalue weighted by Gasteiger charge is -2.18. The summed E-state index contributed by atoms with van der Waals surface area (Å²) < 4.78 is 5.45. The lowest BCUT2D eigenvalue weighted by atomic mass is 10.2. The summed E-state index contributed by atoms with van der Waals surface area (Å²) in [5, 5.41) is 3.37. The molecule has 0 bridgehead atoms. The molecular formula is C13H28N2O. The average Bonchev–Trinajstić information content (AvgIpc) is 2.56. The molecule has 96 valence electrons. The minimum atomic E-state index is 0.931. The van der Waals surface area contributed by atoms with Crippen molar-refractivity contribution in [1.29, 1.82) is 0 Å². The molecule has 0 aromatic carbocycles. The van der Waals surface area contributed by atoms with Crippen LogP contribution in [0.3, 0.4) is 0 Å². The summed E-state index contributed by atoms with van der Waals surface area (Å²) in [6, 6.07) is 0. The first-order valence-corrected chi connectivity index (χ1v) is 6.94. The van der Waals surface area contributed by atoms with E-state index in [-0.39, 0.29) is 0 Å². The molecule has 0 saturated carbocycles. The minimum Gasteiger partial charge on any atom is -0.380 e. The highest BCUT2D eigenvalue weighted by molar-refractivity contribution is 4.61. The molecule has 0 atom stereocenters. The number of ether oxygens (including phenoxy) is 1. The predicted octanol–water partition coefficient (Wildman–Crippen LogP) is 1.88. The highest BCUT2D eigenvalue weighted by atomic mass is 16.5. The second-order valence-electron chi connectivity index (χ2n) is 4.58. The summed E-state index contributed by atoms with van der Waals surface area (Å²) in [5.41, 5.74) is 0. The molecule has 0 spiro atoms. The summed E-state index contributed by atoms with van der Waals surface area (Å²) in [6.45, 7) is 9.99. The molecule has 1 heterocycles. The van der Waals surface area contributed by atoms with Crippen molar-refractivity contribution in [2.45, 2.75) is 39.0 Å². The van der Waals surface area contributed by atoms with Crippen molar-refractivity contribution >= 4 is 0 Å². The van der Waals surface area contributed by atoms with Gasteiger partial charge < -0.3 is 15.0 Å². The summed E-state index contributed by atoms with van der Waals surface area (Å²) in [7, 11) is 0. The molecule has 0 radical (unpaired) electrons. The third kappa shape index (κ3) is 7.20. The molecule has 16 heavy (non-hydrogen) atoms. The molecule has 1 saturated heterocycles. The van der Waals surface area contributed by atoms with E-state index in [0.717, 1.165) is 26.3 Å². The zero-order chi connectivity index (χ0) is 11.5. The average molecular weight is 228 g/mol. The molecule has 1 aliphatic rings. The zero-order valence-electron chi connectivity index (χ0n) is 10.8. The van der Waals surface area contributed by atoms with Gasteiger partial charge in [-0.25, -0.2) is 0 Å². The van der Waals surface area contributed by atoms with E-state index in [1.54, 1.807) is 0 Å². The summed E-state index contributed by atoms with van der Waals surface area (Å²) in [4.78, 5) is 2.55. The largest absolute Gasteiger partial charge is 0.380 e. The molecule has 0 aromatic heterocycles. The van der Waals surface area contributed by atoms with E-state index in [4.69, 9.17) is 4.74 Å². The van der Waals surface area contributed by atoms with Crippen molar-refractivity contribution < 1.29 is 4.74 Å². The van der Waals surface area contributed by atoms with Crippen LogP contribution in [0.2, 0.25) is 0 Å². The Bertz CT molecular complexity index is 145. The van der Waals surface area contributed by atoms with Gasteiger partial charge in [0.2, 0.25) is 0 Å². The molecule has 3 heteroatoms. The standard InChI is InChI=1S/C13H28N2O/c1-2-14-8-5-3-4-6-9-15-10-7-12-16-13-11-15/h14H,2-13H2,1H3. The normalized spacial score (nSPS) is 18.6. The topological polar surface area (TPSA) is 24.5 Å². The van der Waals surface area contributed by atoms with Crippen LogP contribution in [-0.2, 0) is 4.74 Å². The molecule has 0 amide bonds. The molecule has 1 aliphatic heterocycles. The molecule has 0 unspecified atom stereocenters. The summed E-state index contributed by atoms with van der Waals surface area (Å²) in [5.74, 6) is 0. The maximum Gasteiger partial charge on any atom is 0.0593 e. The molecule has 1 fully saturated rings. The van der Waals surface area contributed by atoms with Crippen molar-refractivity contribution in [1.82, 2.24) is 10.2 Å². The van der Waals surface area contributed by atoms with Gasteiger partial charge in [0.1, 0.15) is 0 Å². The molecule has 0 aliphatic carbocycles. The van der Waals surface area contributed by atoms with Crippen LogP contribution in [0.4, 0.5) is 0 Å². The number of unbranched alkanes of at least 4 members (excludes halogenated alkanes) is 3. The van der Waals surface area contributed by atoms with Gasteiger partial charge in [-0.3, -0.25) is 0 Å². The lowest BCUT2D eigenvalue weighted by molar-refractivity contribution is 0.141. The van der Waals surface area contributed by atoms with Crippen LogP contribution >= 0.6 is 0 Å². The van der Waals surface area contributed by atoms with Crippen molar-refractivity contribution in [2.24, 2.45) is 0 Å². The van der Waals surface area contributed by atoms with Gasteiger partial charge in [0.05, 0.1) is 6.61 Å². The van der Waals surface area contributed by atoms with E-state index in [0.29, 0.717) is 0 Å². The number of rotatable bonds is 8. The fourth-order valence-corrected chi connectivity index (χ4v) is 2.14. The third-order valence-corrected chi connectivity index (χ3v) is 3.14. The fourth-order valence-electron chi connectivity index (χ4n) is 2.14. The monoisotopic (exact) mass is 228 g/mol. The lowest BCUT2D eigenvalue weighted by Crippen LogP contribution is -2.27. The first-order chi connectivity index (χ1) is 7.93. The Hall–Kier alpha value is -0.120. The Balaban J connectivity index is 1.86. The highest BCUT2D eigenvalue weighted by Crippen LogP contribution is 2.04. The van der Waals surface area contributed by atoms with Crippen molar-refractivity contribution in [2.75, 3.05) is 45.9 Å². The van der Waals surface area contributed by atoms with Gasteiger partial charge in [-0.1, -0.05) is 19.8 Å². The van der Waals surface area contributed by atoms with E-state index in [1.807, 2.05) is 0 Å². The zero-order valence-corrected chi connectivity index (χ0v) is 10.8. The highest BCUT2D eigenvalue weighted by Gasteiger charge is 2.07. The second kappa shape index (κ2) is 10.1. The molecular weight excluding hydrogens is 200 g/mol. The minimum absolute atomic E-state index is 0.931. The van der Waals surface area contributed by atoms with Crippen LogP contribution in [0.25, 0.3) is 0 Å². The van der Waals surface area contributed by atoms with Gasteiger partial charge in [0, 0.05) is 19.7 Å². The number of hydrogen-bond acceptors (Lipinski definition) is 3. The second-order valence-corrected chi connectivity index (χ2v) is 4.58. The summed E-state index contributed by atoms with van der Waals surface area (Å²) >= 11 is 0. The van der Waals surface area contributed by atoms with Crippen LogP contribution < -0.4 is 5.32 Å². The van der Waals surface area contributed by atoms with Gasteiger partial charge in [-0.05, 0) is 38.9 Å². The van der Waals surface area contributed by atoms with Crippen LogP contribution in [-0.4, -0.2) is 50.8 Å². The number of hydrogen-bond donors (Lipinski definition) is 1. The number of nitrogens with one attached hydrogen (secondary N) is 1. The van der Waals surface area contributed by atoms with Crippen LogP contribution in [0.1, 0.15) is 39.0 Å².